The summed E-state index contributed by atoms with van der Waals surface area (Å²) in [5.41, 5.74) is 4.69. The van der Waals surface area contributed by atoms with E-state index in [1.165, 1.54) is 12.1 Å². The lowest BCUT2D eigenvalue weighted by Gasteiger charge is -2.14. The number of aromatic nitrogens is 1. The van der Waals surface area contributed by atoms with Crippen LogP contribution in [0.1, 0.15) is 37.3 Å². The number of rotatable bonds is 6. The molecule has 7 heteroatoms. The number of hydrogen-bond donors (Lipinski definition) is 2. The second-order valence-corrected chi connectivity index (χ2v) is 5.41. The van der Waals surface area contributed by atoms with Crippen LogP contribution >= 0.6 is 0 Å². The Morgan fingerprint density at radius 1 is 1.24 bits per heavy atom. The summed E-state index contributed by atoms with van der Waals surface area (Å²) < 4.78 is 19.5. The Kier molecular flexibility index (Phi) is 5.75. The van der Waals surface area contributed by atoms with E-state index in [0.717, 1.165) is 25.3 Å². The van der Waals surface area contributed by atoms with Crippen molar-refractivity contribution in [3.05, 3.63) is 45.5 Å². The number of H-pyrrole nitrogens is 1. The van der Waals surface area contributed by atoms with Crippen molar-refractivity contribution in [3.63, 3.8) is 0 Å². The average Bonchev–Trinajstić information content (AvgIpc) is 2.59. The highest BCUT2D eigenvalue weighted by molar-refractivity contribution is 5.83. The first kappa shape index (κ1) is 18.0. The largest absolute Gasteiger partial charge is 0.493 e. The Morgan fingerprint density at radius 2 is 1.96 bits per heavy atom. The molecule has 0 fully saturated rings. The number of nitrogens with one attached hydrogen (secondary N) is 1. The van der Waals surface area contributed by atoms with Crippen LogP contribution < -0.4 is 16.0 Å². The van der Waals surface area contributed by atoms with E-state index in [0.29, 0.717) is 6.61 Å². The molecule has 0 unspecified atom stereocenters. The molecule has 3 N–H and O–H groups in total. The van der Waals surface area contributed by atoms with Gasteiger partial charge in [-0.3, -0.25) is 4.79 Å². The lowest BCUT2D eigenvalue weighted by atomic mass is 9.95. The van der Waals surface area contributed by atoms with Gasteiger partial charge in [-0.05, 0) is 24.6 Å². The van der Waals surface area contributed by atoms with Crippen molar-refractivity contribution in [2.45, 2.75) is 26.2 Å². The molecule has 25 heavy (non-hydrogen) atoms. The first-order chi connectivity index (χ1) is 12.0. The first-order valence-electron chi connectivity index (χ1n) is 7.82. The fourth-order valence-electron chi connectivity index (χ4n) is 2.47. The van der Waals surface area contributed by atoms with Gasteiger partial charge in [0.25, 0.3) is 5.56 Å². The molecule has 0 aliphatic rings. The van der Waals surface area contributed by atoms with Crippen LogP contribution in [-0.4, -0.2) is 11.6 Å². The fraction of sp³-hybridized carbons (Fsp3) is 0.278. The molecule has 2 rings (SSSR count). The van der Waals surface area contributed by atoms with Crippen LogP contribution in [0, 0.1) is 28.5 Å². The third-order valence-corrected chi connectivity index (χ3v) is 3.68. The summed E-state index contributed by atoms with van der Waals surface area (Å²) in [6, 6.07) is 7.38. The van der Waals surface area contributed by atoms with Crippen molar-refractivity contribution in [1.29, 1.82) is 10.5 Å². The number of halogens is 1. The SMILES string of the molecule is CCCCCOc1ccc(F)cc1-c1c(C#N)c(N)[nH]c(=O)c1C#N. The number of hydrogen-bond acceptors (Lipinski definition) is 5. The van der Waals surface area contributed by atoms with Crippen molar-refractivity contribution >= 4 is 5.82 Å². The van der Waals surface area contributed by atoms with Crippen molar-refractivity contribution in [1.82, 2.24) is 4.98 Å². The van der Waals surface area contributed by atoms with E-state index in [2.05, 4.69) is 11.9 Å². The molecule has 1 aromatic heterocycles. The van der Waals surface area contributed by atoms with E-state index < -0.39 is 11.4 Å². The van der Waals surface area contributed by atoms with Crippen LogP contribution in [0.4, 0.5) is 10.2 Å². The Hall–Kier alpha value is -3.32. The quantitative estimate of drug-likeness (QED) is 0.784. The zero-order chi connectivity index (χ0) is 18.4. The van der Waals surface area contributed by atoms with Gasteiger partial charge in [0.2, 0.25) is 0 Å². The van der Waals surface area contributed by atoms with Gasteiger partial charge in [0.15, 0.2) is 0 Å². The summed E-state index contributed by atoms with van der Waals surface area (Å²) in [4.78, 5) is 14.3. The molecular weight excluding hydrogens is 323 g/mol. The highest BCUT2D eigenvalue weighted by atomic mass is 19.1. The molecule has 128 valence electrons. The molecular formula is C18H17FN4O2. The van der Waals surface area contributed by atoms with E-state index in [1.54, 1.807) is 6.07 Å². The van der Waals surface area contributed by atoms with Crippen molar-refractivity contribution < 1.29 is 9.13 Å². The zero-order valence-corrected chi connectivity index (χ0v) is 13.7. The molecule has 0 aliphatic heterocycles. The van der Waals surface area contributed by atoms with E-state index >= 15 is 0 Å². The van der Waals surface area contributed by atoms with Crippen molar-refractivity contribution in [2.24, 2.45) is 0 Å². The van der Waals surface area contributed by atoms with Gasteiger partial charge in [-0.25, -0.2) is 4.39 Å². The number of nitrogen functional groups attached to an aromatic ring is 1. The summed E-state index contributed by atoms with van der Waals surface area (Å²) >= 11 is 0. The Labute approximate surface area is 144 Å². The lowest BCUT2D eigenvalue weighted by Crippen LogP contribution is -2.16. The molecule has 0 aliphatic carbocycles. The molecule has 0 saturated carbocycles. The average molecular weight is 340 g/mol. The summed E-state index contributed by atoms with van der Waals surface area (Å²) in [6.07, 6.45) is 2.80. The van der Waals surface area contributed by atoms with Gasteiger partial charge in [-0.2, -0.15) is 10.5 Å². The molecule has 2 aromatic rings. The summed E-state index contributed by atoms with van der Waals surface area (Å²) in [5, 5.41) is 18.7. The molecule has 1 aromatic carbocycles. The Bertz CT molecular complexity index is 922. The highest BCUT2D eigenvalue weighted by Crippen LogP contribution is 2.35. The maximum Gasteiger partial charge on any atom is 0.268 e. The molecule has 0 saturated heterocycles. The van der Waals surface area contributed by atoms with Crippen LogP contribution in [-0.2, 0) is 0 Å². The standard InChI is InChI=1S/C18H17FN4O2/c1-2-3-4-7-25-15-6-5-11(19)8-12(15)16-13(9-20)17(22)23-18(24)14(16)10-21/h5-6,8H,2-4,7H2,1H3,(H3,22,23,24). The molecule has 6 nitrogen and oxygen atoms in total. The Balaban J connectivity index is 2.66. The number of benzene rings is 1. The molecule has 0 radical (unpaired) electrons. The predicted octanol–water partition coefficient (Wildman–Crippen LogP) is 3.08. The summed E-state index contributed by atoms with van der Waals surface area (Å²) in [6.45, 7) is 2.45. The number of nitrogens with two attached hydrogens (primary N) is 1. The van der Waals surface area contributed by atoms with Gasteiger partial charge >= 0.3 is 0 Å². The normalized spacial score (nSPS) is 10.1. The monoisotopic (exact) mass is 340 g/mol. The lowest BCUT2D eigenvalue weighted by molar-refractivity contribution is 0.307. The van der Waals surface area contributed by atoms with Gasteiger partial charge in [-0.15, -0.1) is 0 Å². The maximum absolute atomic E-state index is 13.8. The van der Waals surface area contributed by atoms with E-state index in [-0.39, 0.29) is 33.8 Å². The third-order valence-electron chi connectivity index (χ3n) is 3.68. The number of nitrogens with zero attached hydrogens (tertiary/aromatic N) is 2. The smallest absolute Gasteiger partial charge is 0.268 e. The number of unbranched alkanes of at least 4 members (excludes halogenated alkanes) is 2. The second kappa shape index (κ2) is 7.98. The van der Waals surface area contributed by atoms with E-state index in [9.17, 15) is 19.7 Å². The second-order valence-electron chi connectivity index (χ2n) is 5.41. The maximum atomic E-state index is 13.8. The van der Waals surface area contributed by atoms with Crippen LogP contribution in [0.5, 0.6) is 5.75 Å². The summed E-state index contributed by atoms with van der Waals surface area (Å²) in [5.74, 6) is -0.472. The van der Waals surface area contributed by atoms with Gasteiger partial charge < -0.3 is 15.5 Å². The van der Waals surface area contributed by atoms with Crippen LogP contribution in [0.25, 0.3) is 11.1 Å². The van der Waals surface area contributed by atoms with Crippen LogP contribution in [0.15, 0.2) is 23.0 Å². The summed E-state index contributed by atoms with van der Waals surface area (Å²) in [7, 11) is 0. The Morgan fingerprint density at radius 3 is 2.60 bits per heavy atom. The third kappa shape index (κ3) is 3.78. The number of nitriles is 2. The highest BCUT2D eigenvalue weighted by Gasteiger charge is 2.21. The number of anilines is 1. The molecule has 0 atom stereocenters. The van der Waals surface area contributed by atoms with Crippen LogP contribution in [0.2, 0.25) is 0 Å². The molecule has 0 amide bonds. The minimum atomic E-state index is -0.741. The van der Waals surface area contributed by atoms with Crippen molar-refractivity contribution in [3.8, 4) is 29.0 Å². The fourth-order valence-corrected chi connectivity index (χ4v) is 2.47. The number of ether oxygens (including phenoxy) is 1. The van der Waals surface area contributed by atoms with Gasteiger partial charge in [0, 0.05) is 11.1 Å². The van der Waals surface area contributed by atoms with Gasteiger partial charge in [-0.1, -0.05) is 19.8 Å². The number of pyridine rings is 1. The topological polar surface area (TPSA) is 116 Å². The van der Waals surface area contributed by atoms with E-state index in [1.807, 2.05) is 6.07 Å². The number of aromatic amines is 1. The van der Waals surface area contributed by atoms with Gasteiger partial charge in [0.05, 0.1) is 6.61 Å². The van der Waals surface area contributed by atoms with Crippen molar-refractivity contribution in [2.75, 3.05) is 12.3 Å². The predicted molar refractivity (Wildman–Crippen MR) is 91.3 cm³/mol. The molecule has 0 bridgehead atoms. The molecule has 1 heterocycles. The molecule has 0 spiro atoms. The van der Waals surface area contributed by atoms with Gasteiger partial charge in [0.1, 0.15) is 40.6 Å². The minimum absolute atomic E-state index is 0.0174. The minimum Gasteiger partial charge on any atom is -0.493 e. The van der Waals surface area contributed by atoms with Crippen LogP contribution in [0.3, 0.4) is 0 Å². The zero-order valence-electron chi connectivity index (χ0n) is 13.7. The first-order valence-corrected chi connectivity index (χ1v) is 7.82. The van der Waals surface area contributed by atoms with E-state index in [4.69, 9.17) is 10.5 Å².